The number of amides is 1. The minimum absolute atomic E-state index is 0.0842. The maximum atomic E-state index is 13.0. The van der Waals surface area contributed by atoms with Crippen molar-refractivity contribution in [1.29, 1.82) is 0 Å². The number of hydrogen-bond acceptors (Lipinski definition) is 5. The first-order valence-corrected chi connectivity index (χ1v) is 9.94. The Balaban J connectivity index is 1.66. The van der Waals surface area contributed by atoms with Gasteiger partial charge in [0, 0.05) is 5.56 Å². The molecule has 31 heavy (non-hydrogen) atoms. The van der Waals surface area contributed by atoms with E-state index in [1.54, 1.807) is 24.3 Å². The lowest BCUT2D eigenvalue weighted by Crippen LogP contribution is -2.18. The van der Waals surface area contributed by atoms with E-state index in [1.165, 1.54) is 18.2 Å². The van der Waals surface area contributed by atoms with Crippen LogP contribution >= 0.6 is 23.4 Å². The van der Waals surface area contributed by atoms with Crippen molar-refractivity contribution in [3.63, 3.8) is 0 Å². The van der Waals surface area contributed by atoms with Crippen molar-refractivity contribution >= 4 is 46.2 Å². The van der Waals surface area contributed by atoms with Crippen molar-refractivity contribution in [3.05, 3.63) is 75.8 Å². The number of aliphatic imine (C=N–C) groups is 1. The minimum Gasteiger partial charge on any atom is -0.508 e. The van der Waals surface area contributed by atoms with Gasteiger partial charge < -0.3 is 14.8 Å². The molecule has 0 saturated carbocycles. The largest absolute Gasteiger partial charge is 0.508 e. The molecule has 0 atom stereocenters. The van der Waals surface area contributed by atoms with Crippen molar-refractivity contribution in [2.24, 2.45) is 4.99 Å². The molecule has 1 saturated heterocycles. The van der Waals surface area contributed by atoms with Crippen molar-refractivity contribution < 1.29 is 27.5 Å². The molecule has 2 heterocycles. The summed E-state index contributed by atoms with van der Waals surface area (Å²) in [6.07, 6.45) is -2.96. The van der Waals surface area contributed by atoms with Gasteiger partial charge in [-0.1, -0.05) is 11.6 Å². The summed E-state index contributed by atoms with van der Waals surface area (Å²) in [5.74, 6) is 0.833. The van der Waals surface area contributed by atoms with Crippen molar-refractivity contribution in [3.8, 4) is 17.1 Å². The summed E-state index contributed by atoms with van der Waals surface area (Å²) in [5.41, 5.74) is -0.225. The molecular formula is C21H12ClF3N2O3S. The van der Waals surface area contributed by atoms with E-state index in [0.717, 1.165) is 30.0 Å². The summed E-state index contributed by atoms with van der Waals surface area (Å²) >= 11 is 6.97. The molecule has 1 aliphatic rings. The van der Waals surface area contributed by atoms with Gasteiger partial charge in [0.2, 0.25) is 0 Å². The van der Waals surface area contributed by atoms with Crippen LogP contribution in [0.1, 0.15) is 11.3 Å². The molecule has 4 rings (SSSR count). The Bertz CT molecular complexity index is 1220. The lowest BCUT2D eigenvalue weighted by atomic mass is 10.1. The molecule has 0 unspecified atom stereocenters. The summed E-state index contributed by atoms with van der Waals surface area (Å²) in [5, 5.41) is 11.8. The van der Waals surface area contributed by atoms with E-state index in [1.807, 2.05) is 0 Å². The molecule has 5 nitrogen and oxygen atoms in total. The lowest BCUT2D eigenvalue weighted by Gasteiger charge is -2.09. The first kappa shape index (κ1) is 21.1. The number of halogens is 4. The van der Waals surface area contributed by atoms with Crippen molar-refractivity contribution in [2.45, 2.75) is 6.18 Å². The first-order valence-electron chi connectivity index (χ1n) is 8.74. The Labute approximate surface area is 183 Å². The molecule has 1 fully saturated rings. The van der Waals surface area contributed by atoms with Crippen LogP contribution in [0.5, 0.6) is 5.75 Å². The fourth-order valence-corrected chi connectivity index (χ4v) is 3.69. The molecule has 10 heteroatoms. The number of thioether (sulfide) groups is 1. The van der Waals surface area contributed by atoms with E-state index in [2.05, 4.69) is 10.3 Å². The molecule has 1 amide bonds. The van der Waals surface area contributed by atoms with E-state index < -0.39 is 11.7 Å². The predicted molar refractivity (Wildman–Crippen MR) is 113 cm³/mol. The van der Waals surface area contributed by atoms with Gasteiger partial charge in [-0.2, -0.15) is 13.2 Å². The summed E-state index contributed by atoms with van der Waals surface area (Å²) in [6, 6.07) is 12.1. The Morgan fingerprint density at radius 2 is 1.84 bits per heavy atom. The van der Waals surface area contributed by atoms with Gasteiger partial charge in [0.15, 0.2) is 0 Å². The highest BCUT2D eigenvalue weighted by Gasteiger charge is 2.31. The number of carbonyl (C=O) groups excluding carboxylic acids is 1. The normalized spacial score (nSPS) is 16.8. The molecule has 2 N–H and O–H groups in total. The second-order valence-electron chi connectivity index (χ2n) is 6.39. The number of phenols is 1. The van der Waals surface area contributed by atoms with Crippen LogP contribution in [0.15, 0.2) is 68.9 Å². The predicted octanol–water partition coefficient (Wildman–Crippen LogP) is 6.85. The number of hydrogen-bond donors (Lipinski definition) is 2. The van der Waals surface area contributed by atoms with Gasteiger partial charge in [-0.05, 0) is 72.4 Å². The highest BCUT2D eigenvalue weighted by atomic mass is 35.5. The zero-order chi connectivity index (χ0) is 22.2. The second-order valence-corrected chi connectivity index (χ2v) is 7.82. The summed E-state index contributed by atoms with van der Waals surface area (Å²) in [7, 11) is 0. The summed E-state index contributed by atoms with van der Waals surface area (Å²) < 4.78 is 44.7. The number of alkyl halides is 3. The van der Waals surface area contributed by atoms with Crippen LogP contribution < -0.4 is 5.32 Å². The number of amidine groups is 1. The van der Waals surface area contributed by atoms with Crippen LogP contribution in [0.2, 0.25) is 5.02 Å². The van der Waals surface area contributed by atoms with Gasteiger partial charge in [-0.3, -0.25) is 4.79 Å². The minimum atomic E-state index is -4.51. The molecule has 0 radical (unpaired) electrons. The van der Waals surface area contributed by atoms with Crippen molar-refractivity contribution in [1.82, 2.24) is 5.32 Å². The Morgan fingerprint density at radius 1 is 1.10 bits per heavy atom. The zero-order valence-electron chi connectivity index (χ0n) is 15.4. The van der Waals surface area contributed by atoms with Crippen LogP contribution in [0.25, 0.3) is 17.4 Å². The lowest BCUT2D eigenvalue weighted by molar-refractivity contribution is -0.137. The van der Waals surface area contributed by atoms with Gasteiger partial charge in [-0.15, -0.1) is 0 Å². The molecule has 0 aliphatic carbocycles. The molecule has 158 valence electrons. The van der Waals surface area contributed by atoms with E-state index in [4.69, 9.17) is 16.0 Å². The maximum Gasteiger partial charge on any atom is 0.416 e. The van der Waals surface area contributed by atoms with E-state index in [-0.39, 0.29) is 33.2 Å². The third-order valence-electron chi connectivity index (χ3n) is 4.21. The first-order chi connectivity index (χ1) is 14.7. The van der Waals surface area contributed by atoms with Crippen LogP contribution in [0.3, 0.4) is 0 Å². The number of carbonyl (C=O) groups is 1. The number of phenolic OH excluding ortho intramolecular Hbond substituents is 1. The fourth-order valence-electron chi connectivity index (χ4n) is 2.76. The molecular weight excluding hydrogens is 453 g/mol. The number of aromatic hydroxyl groups is 1. The van der Waals surface area contributed by atoms with E-state index in [9.17, 15) is 23.1 Å². The quantitative estimate of drug-likeness (QED) is 0.444. The van der Waals surface area contributed by atoms with Crippen molar-refractivity contribution in [2.75, 3.05) is 0 Å². The number of nitrogens with one attached hydrogen (secondary N) is 1. The standard InChI is InChI=1S/C21H12ClF3N2O3S/c22-16-7-1-11(21(23,24)25)9-15(16)17-8-6-14(30-17)10-18-19(27-20(29)31-18)26-12-2-4-13(28)5-3-12/h1-10,28H,(H,26,27,29). The third kappa shape index (κ3) is 4.78. The Hall–Kier alpha value is -3.17. The van der Waals surface area contributed by atoms with Crippen LogP contribution in [-0.2, 0) is 6.18 Å². The van der Waals surface area contributed by atoms with Crippen LogP contribution in [-0.4, -0.2) is 16.2 Å². The topological polar surface area (TPSA) is 74.8 Å². The van der Waals surface area contributed by atoms with Crippen LogP contribution in [0, 0.1) is 0 Å². The fraction of sp³-hybridized carbons (Fsp3) is 0.0476. The monoisotopic (exact) mass is 464 g/mol. The van der Waals surface area contributed by atoms with Gasteiger partial charge in [0.1, 0.15) is 23.1 Å². The van der Waals surface area contributed by atoms with Crippen LogP contribution in [0.4, 0.5) is 23.7 Å². The van der Waals surface area contributed by atoms with Gasteiger partial charge in [0.25, 0.3) is 5.24 Å². The Kier molecular flexibility index (Phi) is 5.55. The molecule has 2 aromatic carbocycles. The highest BCUT2D eigenvalue weighted by Crippen LogP contribution is 2.37. The number of nitrogens with zero attached hydrogens (tertiary/aromatic N) is 1. The maximum absolute atomic E-state index is 13.0. The van der Waals surface area contributed by atoms with Gasteiger partial charge >= 0.3 is 6.18 Å². The van der Waals surface area contributed by atoms with E-state index >= 15 is 0 Å². The summed E-state index contributed by atoms with van der Waals surface area (Å²) in [6.45, 7) is 0. The van der Waals surface area contributed by atoms with Gasteiger partial charge in [0.05, 0.1) is 21.2 Å². The average molecular weight is 465 g/mol. The number of benzene rings is 2. The zero-order valence-corrected chi connectivity index (χ0v) is 17.0. The Morgan fingerprint density at radius 3 is 2.55 bits per heavy atom. The smallest absolute Gasteiger partial charge is 0.416 e. The second kappa shape index (κ2) is 8.16. The van der Waals surface area contributed by atoms with Gasteiger partial charge in [-0.25, -0.2) is 4.99 Å². The third-order valence-corrected chi connectivity index (χ3v) is 5.35. The summed E-state index contributed by atoms with van der Waals surface area (Å²) in [4.78, 5) is 16.6. The molecule has 1 aromatic heterocycles. The number of furan rings is 1. The average Bonchev–Trinajstić information content (AvgIpc) is 3.30. The molecule has 1 aliphatic heterocycles. The SMILES string of the molecule is O=C1NC(=Nc2ccc(O)cc2)C(=Cc2ccc(-c3cc(C(F)(F)F)ccc3Cl)o2)S1. The number of rotatable bonds is 3. The highest BCUT2D eigenvalue weighted by molar-refractivity contribution is 8.18. The molecule has 0 spiro atoms. The van der Waals surface area contributed by atoms with E-state index in [0.29, 0.717) is 16.4 Å². The molecule has 3 aromatic rings. The molecule has 0 bridgehead atoms.